The van der Waals surface area contributed by atoms with Gasteiger partial charge in [-0.1, -0.05) is 35.2 Å². The van der Waals surface area contributed by atoms with Crippen LogP contribution in [-0.4, -0.2) is 18.4 Å². The van der Waals surface area contributed by atoms with Gasteiger partial charge in [-0.15, -0.1) is 0 Å². The average Bonchev–Trinajstić information content (AvgIpc) is 2.96. The zero-order valence-corrected chi connectivity index (χ0v) is 14.4. The van der Waals surface area contributed by atoms with Crippen molar-refractivity contribution in [3.63, 3.8) is 0 Å². The highest BCUT2D eigenvalue weighted by atomic mass is 79.9. The van der Waals surface area contributed by atoms with Crippen molar-refractivity contribution in [3.8, 4) is 0 Å². The number of hydrogen-bond acceptors (Lipinski definition) is 3. The highest BCUT2D eigenvalue weighted by Gasteiger charge is 2.32. The molecule has 1 saturated carbocycles. The number of halogens is 1. The minimum Gasteiger partial charge on any atom is -0.383 e. The lowest BCUT2D eigenvalue weighted by Crippen LogP contribution is -2.40. The molecule has 1 fully saturated rings. The molecule has 22 heavy (non-hydrogen) atoms. The molecule has 2 aliphatic rings. The summed E-state index contributed by atoms with van der Waals surface area (Å²) in [4.78, 5) is 26.5. The number of rotatable bonds is 2. The Morgan fingerprint density at radius 1 is 1.23 bits per heavy atom. The van der Waals surface area contributed by atoms with Gasteiger partial charge in [0, 0.05) is 23.9 Å². The van der Waals surface area contributed by atoms with Crippen LogP contribution in [0.15, 0.2) is 16.6 Å². The molecule has 0 saturated heterocycles. The first-order valence-electron chi connectivity index (χ1n) is 7.99. The maximum absolute atomic E-state index is 12.9. The van der Waals surface area contributed by atoms with Gasteiger partial charge in [-0.25, -0.2) is 4.90 Å². The fourth-order valence-electron chi connectivity index (χ4n) is 3.52. The van der Waals surface area contributed by atoms with Crippen molar-refractivity contribution < 1.29 is 9.59 Å². The summed E-state index contributed by atoms with van der Waals surface area (Å²) in [7, 11) is 0. The first-order chi connectivity index (χ1) is 10.6. The molecule has 0 bridgehead atoms. The Morgan fingerprint density at radius 3 is 2.64 bits per heavy atom. The predicted molar refractivity (Wildman–Crippen MR) is 91.1 cm³/mol. The van der Waals surface area contributed by atoms with E-state index in [9.17, 15) is 9.59 Å². The van der Waals surface area contributed by atoms with Crippen LogP contribution in [0.4, 0.5) is 11.4 Å². The van der Waals surface area contributed by atoms with E-state index in [0.717, 1.165) is 54.4 Å². The molecule has 1 aromatic carbocycles. The highest BCUT2D eigenvalue weighted by Crippen LogP contribution is 2.38. The van der Waals surface area contributed by atoms with Crippen LogP contribution in [0, 0.1) is 5.92 Å². The van der Waals surface area contributed by atoms with Gasteiger partial charge < -0.3 is 5.32 Å². The van der Waals surface area contributed by atoms with Crippen molar-refractivity contribution in [2.45, 2.75) is 45.4 Å². The monoisotopic (exact) mass is 364 g/mol. The van der Waals surface area contributed by atoms with Gasteiger partial charge in [-0.05, 0) is 37.0 Å². The first-order valence-corrected chi connectivity index (χ1v) is 8.78. The zero-order valence-electron chi connectivity index (χ0n) is 12.8. The quantitative estimate of drug-likeness (QED) is 0.866. The van der Waals surface area contributed by atoms with E-state index in [1.54, 1.807) is 0 Å². The maximum atomic E-state index is 12.9. The van der Waals surface area contributed by atoms with E-state index >= 15 is 0 Å². The Kier molecular flexibility index (Phi) is 4.52. The van der Waals surface area contributed by atoms with E-state index in [-0.39, 0.29) is 17.7 Å². The number of amides is 2. The molecule has 0 spiro atoms. The number of benzene rings is 1. The van der Waals surface area contributed by atoms with Gasteiger partial charge in [-0.3, -0.25) is 9.59 Å². The molecule has 1 N–H and O–H groups in total. The van der Waals surface area contributed by atoms with E-state index in [1.807, 2.05) is 6.07 Å². The zero-order chi connectivity index (χ0) is 15.7. The molecule has 1 aliphatic carbocycles. The Balaban J connectivity index is 1.98. The molecule has 118 valence electrons. The third-order valence-electron chi connectivity index (χ3n) is 4.59. The molecule has 1 heterocycles. The van der Waals surface area contributed by atoms with Crippen LogP contribution >= 0.6 is 15.9 Å². The van der Waals surface area contributed by atoms with Crippen molar-refractivity contribution in [2.75, 3.05) is 16.8 Å². The fraction of sp³-hybridized carbons (Fsp3) is 0.529. The minimum atomic E-state index is -0.204. The summed E-state index contributed by atoms with van der Waals surface area (Å²) in [6, 6.07) is 3.93. The summed E-state index contributed by atoms with van der Waals surface area (Å²) in [6.45, 7) is 2.32. The van der Waals surface area contributed by atoms with E-state index in [4.69, 9.17) is 0 Å². The largest absolute Gasteiger partial charge is 0.383 e. The predicted octanol–water partition coefficient (Wildman–Crippen LogP) is 3.88. The maximum Gasteiger partial charge on any atom is 0.236 e. The number of imide groups is 1. The van der Waals surface area contributed by atoms with E-state index in [1.165, 1.54) is 18.2 Å². The number of anilines is 2. The third-order valence-corrected chi connectivity index (χ3v) is 5.05. The molecular formula is C17H21BrN2O2. The first kappa shape index (κ1) is 15.5. The van der Waals surface area contributed by atoms with Crippen LogP contribution in [0.3, 0.4) is 0 Å². The standard InChI is InChI=1S/C17H21BrN2O2/c1-11(21)20(17(22)12-5-3-2-4-6-12)15-10-14(18)9-13-7-8-19-16(13)15/h9-10,12,19H,2-8H2,1H3. The highest BCUT2D eigenvalue weighted by molar-refractivity contribution is 9.10. The van der Waals surface area contributed by atoms with Crippen molar-refractivity contribution in [1.82, 2.24) is 0 Å². The summed E-state index contributed by atoms with van der Waals surface area (Å²) in [5, 5.41) is 3.32. The number of carbonyl (C=O) groups excluding carboxylic acids is 2. The number of nitrogens with one attached hydrogen (secondary N) is 1. The molecule has 0 aromatic heterocycles. The van der Waals surface area contributed by atoms with Gasteiger partial charge >= 0.3 is 0 Å². The third kappa shape index (κ3) is 2.91. The van der Waals surface area contributed by atoms with Gasteiger partial charge in [-0.2, -0.15) is 0 Å². The Morgan fingerprint density at radius 2 is 1.95 bits per heavy atom. The second kappa shape index (κ2) is 6.41. The molecule has 5 heteroatoms. The second-order valence-corrected chi connectivity index (χ2v) is 7.08. The van der Waals surface area contributed by atoms with Crippen LogP contribution in [0.1, 0.15) is 44.6 Å². The average molecular weight is 365 g/mol. The lowest BCUT2D eigenvalue weighted by Gasteiger charge is -2.28. The summed E-state index contributed by atoms with van der Waals surface area (Å²) in [5.74, 6) is -0.264. The Hall–Kier alpha value is -1.36. The SMILES string of the molecule is CC(=O)N(C(=O)C1CCCCC1)c1cc(Br)cc2c1NCC2. The number of nitrogens with zero attached hydrogens (tertiary/aromatic N) is 1. The van der Waals surface area contributed by atoms with Crippen molar-refractivity contribution >= 4 is 39.1 Å². The van der Waals surface area contributed by atoms with Gasteiger partial charge in [0.2, 0.25) is 11.8 Å². The summed E-state index contributed by atoms with van der Waals surface area (Å²) < 4.78 is 0.910. The molecule has 1 aromatic rings. The molecule has 0 atom stereocenters. The molecule has 4 nitrogen and oxygen atoms in total. The summed E-state index contributed by atoms with van der Waals surface area (Å²) in [5.41, 5.74) is 2.79. The van der Waals surface area contributed by atoms with Crippen LogP contribution in [0.2, 0.25) is 0 Å². The van der Waals surface area contributed by atoms with E-state index in [2.05, 4.69) is 27.3 Å². The van der Waals surface area contributed by atoms with Crippen LogP contribution in [0.25, 0.3) is 0 Å². The van der Waals surface area contributed by atoms with Gasteiger partial charge in [0.25, 0.3) is 0 Å². The number of fused-ring (bicyclic) bond motifs is 1. The molecule has 1 aliphatic heterocycles. The van der Waals surface area contributed by atoms with Crippen molar-refractivity contribution in [1.29, 1.82) is 0 Å². The van der Waals surface area contributed by atoms with E-state index in [0.29, 0.717) is 5.69 Å². The molecule has 2 amide bonds. The van der Waals surface area contributed by atoms with Crippen LogP contribution in [-0.2, 0) is 16.0 Å². The smallest absolute Gasteiger partial charge is 0.236 e. The van der Waals surface area contributed by atoms with Gasteiger partial charge in [0.15, 0.2) is 0 Å². The van der Waals surface area contributed by atoms with Crippen LogP contribution in [0.5, 0.6) is 0 Å². The molecule has 3 rings (SSSR count). The normalized spacial score (nSPS) is 17.7. The lowest BCUT2D eigenvalue weighted by molar-refractivity contribution is -0.128. The Labute approximate surface area is 139 Å². The number of carbonyl (C=O) groups is 2. The Bertz CT molecular complexity index is 609. The molecular weight excluding hydrogens is 344 g/mol. The van der Waals surface area contributed by atoms with E-state index < -0.39 is 0 Å². The number of hydrogen-bond donors (Lipinski definition) is 1. The fourth-order valence-corrected chi connectivity index (χ4v) is 4.02. The second-order valence-electron chi connectivity index (χ2n) is 6.16. The summed E-state index contributed by atoms with van der Waals surface area (Å²) in [6.07, 6.45) is 6.06. The summed E-state index contributed by atoms with van der Waals surface area (Å²) >= 11 is 3.50. The van der Waals surface area contributed by atoms with Crippen molar-refractivity contribution in [3.05, 3.63) is 22.2 Å². The topological polar surface area (TPSA) is 49.4 Å². The van der Waals surface area contributed by atoms with Crippen LogP contribution < -0.4 is 10.2 Å². The minimum absolute atomic E-state index is 0.0197. The van der Waals surface area contributed by atoms with Gasteiger partial charge in [0.1, 0.15) is 0 Å². The molecule has 0 radical (unpaired) electrons. The van der Waals surface area contributed by atoms with Gasteiger partial charge in [0.05, 0.1) is 11.4 Å². The van der Waals surface area contributed by atoms with Crippen molar-refractivity contribution in [2.24, 2.45) is 5.92 Å². The molecule has 0 unspecified atom stereocenters. The lowest BCUT2D eigenvalue weighted by atomic mass is 9.88.